The fourth-order valence-electron chi connectivity index (χ4n) is 3.24. The molecule has 2 rings (SSSR count). The van der Waals surface area contributed by atoms with E-state index in [0.717, 1.165) is 0 Å². The molecule has 1 aromatic carbocycles. The summed E-state index contributed by atoms with van der Waals surface area (Å²) in [5, 5.41) is 8.28. The van der Waals surface area contributed by atoms with Gasteiger partial charge in [0.25, 0.3) is 5.91 Å². The van der Waals surface area contributed by atoms with Gasteiger partial charge in [-0.1, -0.05) is 32.4 Å². The first-order chi connectivity index (χ1) is 16.2. The van der Waals surface area contributed by atoms with Crippen molar-refractivity contribution in [2.24, 2.45) is 5.41 Å². The van der Waals surface area contributed by atoms with Gasteiger partial charge in [0.1, 0.15) is 5.54 Å². The summed E-state index contributed by atoms with van der Waals surface area (Å²) in [4.78, 5) is 52.2. The van der Waals surface area contributed by atoms with Gasteiger partial charge in [0, 0.05) is 24.5 Å². The zero-order chi connectivity index (χ0) is 26.6. The van der Waals surface area contributed by atoms with E-state index in [9.17, 15) is 19.2 Å². The number of hydrogen-bond acceptors (Lipinski definition) is 6. The van der Waals surface area contributed by atoms with Crippen molar-refractivity contribution in [3.05, 3.63) is 39.4 Å². The van der Waals surface area contributed by atoms with Crippen molar-refractivity contribution in [3.8, 4) is 0 Å². The molecule has 0 aliphatic carbocycles. The van der Waals surface area contributed by atoms with Crippen LogP contribution in [0.25, 0.3) is 0 Å². The van der Waals surface area contributed by atoms with Crippen LogP contribution in [0.3, 0.4) is 0 Å². The number of nitrogens with zero attached hydrogens (tertiary/aromatic N) is 1. The lowest BCUT2D eigenvalue weighted by atomic mass is 9.98. The van der Waals surface area contributed by atoms with Crippen molar-refractivity contribution in [1.29, 1.82) is 0 Å². The molecule has 1 fully saturated rings. The van der Waals surface area contributed by atoms with E-state index < -0.39 is 17.5 Å². The molecule has 1 heterocycles. The molecule has 9 nitrogen and oxygen atoms in total. The fourth-order valence-corrected chi connectivity index (χ4v) is 4.54. The highest BCUT2D eigenvalue weighted by atomic mass is 35.5. The third kappa shape index (κ3) is 7.38. The SMILES string of the molecule is COC(=O)c1ccc(NC(=O)N/C(C)=C(/SCC(C)(C)C)C(=O)N2CCNC(=O)C2(C)C)c(Cl)c1. The van der Waals surface area contributed by atoms with Crippen LogP contribution in [0.4, 0.5) is 10.5 Å². The zero-order valence-corrected chi connectivity index (χ0v) is 22.7. The van der Waals surface area contributed by atoms with Crippen molar-refractivity contribution >= 4 is 52.9 Å². The number of halogens is 1. The summed E-state index contributed by atoms with van der Waals surface area (Å²) in [5.41, 5.74) is -0.221. The monoisotopic (exact) mass is 524 g/mol. The lowest BCUT2D eigenvalue weighted by Gasteiger charge is -2.41. The van der Waals surface area contributed by atoms with E-state index in [-0.39, 0.29) is 33.5 Å². The summed E-state index contributed by atoms with van der Waals surface area (Å²) in [5.74, 6) is -0.478. The number of benzene rings is 1. The predicted molar refractivity (Wildman–Crippen MR) is 138 cm³/mol. The Bertz CT molecular complexity index is 1050. The Balaban J connectivity index is 2.28. The summed E-state index contributed by atoms with van der Waals surface area (Å²) in [6, 6.07) is 3.76. The molecule has 0 saturated carbocycles. The van der Waals surface area contributed by atoms with E-state index >= 15 is 0 Å². The van der Waals surface area contributed by atoms with Crippen LogP contribution in [0.5, 0.6) is 0 Å². The molecule has 11 heteroatoms. The van der Waals surface area contributed by atoms with E-state index in [2.05, 4.69) is 41.5 Å². The molecule has 1 saturated heterocycles. The third-order valence-corrected chi connectivity index (χ3v) is 7.31. The van der Waals surface area contributed by atoms with Crippen LogP contribution in [0.2, 0.25) is 5.02 Å². The standard InChI is InChI=1S/C24H33ClN4O5S/c1-14(27-22(33)28-17-9-8-15(12-16(17)25)20(31)34-7)18(35-13-23(2,3)4)19(30)29-11-10-26-21(32)24(29,5)6/h8-9,12H,10-11,13H2,1-7H3,(H,26,32)(H2,27,28,33)/b18-14+. The normalized spacial score (nSPS) is 16.1. The Morgan fingerprint density at radius 2 is 1.91 bits per heavy atom. The maximum atomic E-state index is 13.6. The number of urea groups is 1. The molecule has 192 valence electrons. The van der Waals surface area contributed by atoms with Gasteiger partial charge in [0.05, 0.1) is 28.3 Å². The molecular formula is C24H33ClN4O5S. The number of hydrogen-bond donors (Lipinski definition) is 3. The molecule has 1 aromatic rings. The summed E-state index contributed by atoms with van der Waals surface area (Å²) in [6.07, 6.45) is 0. The number of carbonyl (C=O) groups excluding carboxylic acids is 4. The second kappa shape index (κ2) is 11.3. The Hall–Kier alpha value is -2.72. The first-order valence-corrected chi connectivity index (χ1v) is 12.4. The first kappa shape index (κ1) is 28.5. The number of ether oxygens (including phenoxy) is 1. The van der Waals surface area contributed by atoms with Gasteiger partial charge >= 0.3 is 12.0 Å². The number of thioether (sulfide) groups is 1. The minimum absolute atomic E-state index is 0.0809. The number of amides is 4. The Morgan fingerprint density at radius 3 is 2.49 bits per heavy atom. The molecule has 0 aromatic heterocycles. The summed E-state index contributed by atoms with van der Waals surface area (Å²) in [7, 11) is 1.26. The summed E-state index contributed by atoms with van der Waals surface area (Å²) >= 11 is 7.54. The van der Waals surface area contributed by atoms with E-state index in [1.807, 2.05) is 0 Å². The average molecular weight is 525 g/mol. The first-order valence-electron chi connectivity index (χ1n) is 11.1. The number of anilines is 1. The molecule has 3 N–H and O–H groups in total. The topological polar surface area (TPSA) is 117 Å². The number of rotatable bonds is 6. The minimum Gasteiger partial charge on any atom is -0.465 e. The number of esters is 1. The molecular weight excluding hydrogens is 492 g/mol. The van der Waals surface area contributed by atoms with Crippen LogP contribution >= 0.6 is 23.4 Å². The lowest BCUT2D eigenvalue weighted by molar-refractivity contribution is -0.146. The highest BCUT2D eigenvalue weighted by Gasteiger charge is 2.42. The van der Waals surface area contributed by atoms with Gasteiger partial charge in [-0.05, 0) is 44.4 Å². The van der Waals surface area contributed by atoms with Crippen molar-refractivity contribution in [2.75, 3.05) is 31.3 Å². The fraction of sp³-hybridized carbons (Fsp3) is 0.500. The molecule has 0 radical (unpaired) electrons. The largest absolute Gasteiger partial charge is 0.465 e. The smallest absolute Gasteiger partial charge is 0.337 e. The van der Waals surface area contributed by atoms with Crippen molar-refractivity contribution in [2.45, 2.75) is 47.1 Å². The van der Waals surface area contributed by atoms with Crippen LogP contribution in [0.15, 0.2) is 28.8 Å². The number of allylic oxidation sites excluding steroid dienone is 1. The van der Waals surface area contributed by atoms with Crippen LogP contribution < -0.4 is 16.0 Å². The van der Waals surface area contributed by atoms with Gasteiger partial charge in [-0.2, -0.15) is 0 Å². The van der Waals surface area contributed by atoms with Crippen LogP contribution in [-0.4, -0.2) is 60.2 Å². The molecule has 0 spiro atoms. The third-order valence-electron chi connectivity index (χ3n) is 5.22. The highest BCUT2D eigenvalue weighted by Crippen LogP contribution is 2.32. The van der Waals surface area contributed by atoms with Gasteiger partial charge in [-0.3, -0.25) is 9.59 Å². The van der Waals surface area contributed by atoms with E-state index in [0.29, 0.717) is 29.4 Å². The number of carbonyl (C=O) groups is 4. The summed E-state index contributed by atoms with van der Waals surface area (Å²) < 4.78 is 4.67. The van der Waals surface area contributed by atoms with Gasteiger partial charge in [-0.25, -0.2) is 9.59 Å². The maximum Gasteiger partial charge on any atom is 0.337 e. The van der Waals surface area contributed by atoms with Crippen molar-refractivity contribution in [3.63, 3.8) is 0 Å². The molecule has 0 atom stereocenters. The molecule has 0 bridgehead atoms. The second-order valence-corrected chi connectivity index (χ2v) is 11.2. The Kier molecular flexibility index (Phi) is 9.24. The summed E-state index contributed by atoms with van der Waals surface area (Å²) in [6.45, 7) is 11.9. The molecule has 4 amide bonds. The molecule has 1 aliphatic heterocycles. The van der Waals surface area contributed by atoms with Crippen LogP contribution in [0, 0.1) is 5.41 Å². The van der Waals surface area contributed by atoms with E-state index in [4.69, 9.17) is 11.6 Å². The van der Waals surface area contributed by atoms with Gasteiger partial charge in [0.2, 0.25) is 5.91 Å². The average Bonchev–Trinajstić information content (AvgIpc) is 2.75. The lowest BCUT2D eigenvalue weighted by Crippen LogP contribution is -2.63. The van der Waals surface area contributed by atoms with Crippen LogP contribution in [-0.2, 0) is 14.3 Å². The maximum absolute atomic E-state index is 13.6. The van der Waals surface area contributed by atoms with Crippen LogP contribution in [0.1, 0.15) is 51.9 Å². The second-order valence-electron chi connectivity index (χ2n) is 9.84. The number of piperazine rings is 1. The van der Waals surface area contributed by atoms with Gasteiger partial charge in [-0.15, -0.1) is 11.8 Å². The highest BCUT2D eigenvalue weighted by molar-refractivity contribution is 8.04. The number of nitrogens with one attached hydrogen (secondary N) is 3. The molecule has 0 unspecified atom stereocenters. The molecule has 35 heavy (non-hydrogen) atoms. The Morgan fingerprint density at radius 1 is 1.26 bits per heavy atom. The van der Waals surface area contributed by atoms with E-state index in [1.54, 1.807) is 20.8 Å². The predicted octanol–water partition coefficient (Wildman–Crippen LogP) is 4.00. The Labute approximate surface area is 215 Å². The van der Waals surface area contributed by atoms with Crippen molar-refractivity contribution < 1.29 is 23.9 Å². The van der Waals surface area contributed by atoms with Gasteiger partial charge in [0.15, 0.2) is 0 Å². The minimum atomic E-state index is -1.03. The number of methoxy groups -OCH3 is 1. The van der Waals surface area contributed by atoms with Gasteiger partial charge < -0.3 is 25.6 Å². The quantitative estimate of drug-likeness (QED) is 0.382. The molecule has 1 aliphatic rings. The van der Waals surface area contributed by atoms with Crippen molar-refractivity contribution in [1.82, 2.24) is 15.5 Å². The zero-order valence-electron chi connectivity index (χ0n) is 21.1. The van der Waals surface area contributed by atoms with E-state index in [1.165, 1.54) is 42.0 Å².